The van der Waals surface area contributed by atoms with Crippen LogP contribution < -0.4 is 5.32 Å². The van der Waals surface area contributed by atoms with Gasteiger partial charge in [-0.15, -0.1) is 11.3 Å². The van der Waals surface area contributed by atoms with Crippen molar-refractivity contribution in [3.63, 3.8) is 0 Å². The highest BCUT2D eigenvalue weighted by Gasteiger charge is 2.44. The van der Waals surface area contributed by atoms with Crippen LogP contribution in [0.1, 0.15) is 30.6 Å². The summed E-state index contributed by atoms with van der Waals surface area (Å²) in [5.41, 5.74) is -0.982. The van der Waals surface area contributed by atoms with E-state index in [4.69, 9.17) is 0 Å². The Hall–Kier alpha value is 0.0700. The lowest BCUT2D eigenvalue weighted by atomic mass is 9.86. The summed E-state index contributed by atoms with van der Waals surface area (Å²) >= 11 is 5.15. The summed E-state index contributed by atoms with van der Waals surface area (Å²) < 4.78 is 15.9. The molecule has 1 aromatic heterocycles. The van der Waals surface area contributed by atoms with Crippen molar-refractivity contribution < 1.29 is 4.39 Å². The third kappa shape index (κ3) is 2.07. The summed E-state index contributed by atoms with van der Waals surface area (Å²) in [7, 11) is 0. The molecule has 2 bridgehead atoms. The number of rotatable bonds is 2. The Morgan fingerprint density at radius 1 is 1.44 bits per heavy atom. The van der Waals surface area contributed by atoms with Crippen LogP contribution in [0, 0.1) is 0 Å². The first-order chi connectivity index (χ1) is 7.65. The van der Waals surface area contributed by atoms with E-state index in [0.29, 0.717) is 31.3 Å². The van der Waals surface area contributed by atoms with Crippen LogP contribution >= 0.6 is 27.3 Å². The molecule has 2 unspecified atom stereocenters. The van der Waals surface area contributed by atoms with Crippen LogP contribution in [0.2, 0.25) is 0 Å². The van der Waals surface area contributed by atoms with Gasteiger partial charge in [-0.3, -0.25) is 0 Å². The lowest BCUT2D eigenvalue weighted by Crippen LogP contribution is -2.47. The molecule has 1 aromatic rings. The monoisotopic (exact) mass is 303 g/mol. The first-order valence-electron chi connectivity index (χ1n) is 5.81. The molecular weight excluding hydrogens is 289 g/mol. The Morgan fingerprint density at radius 2 is 2.12 bits per heavy atom. The molecular formula is C12H15BrFNS. The fraction of sp³-hybridized carbons (Fsp3) is 0.667. The Labute approximate surface area is 108 Å². The number of piperidine rings is 1. The minimum atomic E-state index is -0.982. The van der Waals surface area contributed by atoms with Crippen LogP contribution in [0.3, 0.4) is 0 Å². The van der Waals surface area contributed by atoms with E-state index in [-0.39, 0.29) is 0 Å². The molecule has 3 rings (SSSR count). The first kappa shape index (κ1) is 11.2. The van der Waals surface area contributed by atoms with Gasteiger partial charge in [0.25, 0.3) is 0 Å². The predicted octanol–water partition coefficient (Wildman–Crippen LogP) is 3.68. The number of nitrogens with one attached hydrogen (secondary N) is 1. The number of hydrogen-bond donors (Lipinski definition) is 1. The van der Waals surface area contributed by atoms with Crippen molar-refractivity contribution in [1.82, 2.24) is 5.32 Å². The average Bonchev–Trinajstić information content (AvgIpc) is 2.74. The summed E-state index contributed by atoms with van der Waals surface area (Å²) in [5, 5.41) is 5.52. The molecule has 2 atom stereocenters. The molecule has 1 nitrogen and oxygen atoms in total. The van der Waals surface area contributed by atoms with Gasteiger partial charge in [-0.05, 0) is 53.1 Å². The first-order valence-corrected chi connectivity index (χ1v) is 7.49. The standard InChI is InChI=1S/C12H15BrFNS/c13-10-3-4-16-11(10)7-12(14)5-8-1-2-9(6-12)15-8/h3-4,8-9,15H,1-2,5-7H2. The third-order valence-electron chi connectivity index (χ3n) is 3.73. The van der Waals surface area contributed by atoms with Gasteiger partial charge in [0.1, 0.15) is 5.67 Å². The van der Waals surface area contributed by atoms with Gasteiger partial charge in [0, 0.05) is 27.9 Å². The molecule has 1 N–H and O–H groups in total. The van der Waals surface area contributed by atoms with Crippen molar-refractivity contribution in [3.8, 4) is 0 Å². The average molecular weight is 304 g/mol. The number of fused-ring (bicyclic) bond motifs is 2. The van der Waals surface area contributed by atoms with Crippen LogP contribution in [0.25, 0.3) is 0 Å². The molecule has 0 aromatic carbocycles. The van der Waals surface area contributed by atoms with Gasteiger partial charge in [-0.2, -0.15) is 0 Å². The Kier molecular flexibility index (Phi) is 2.84. The molecule has 2 saturated heterocycles. The third-order valence-corrected chi connectivity index (χ3v) is 5.65. The zero-order valence-corrected chi connectivity index (χ0v) is 11.4. The van der Waals surface area contributed by atoms with Gasteiger partial charge in [0.15, 0.2) is 0 Å². The van der Waals surface area contributed by atoms with Crippen LogP contribution in [0.15, 0.2) is 15.9 Å². The SMILES string of the molecule is FC1(Cc2sccc2Br)CC2CCC(C1)N2. The molecule has 2 aliphatic heterocycles. The van der Waals surface area contributed by atoms with Crippen LogP contribution in [-0.4, -0.2) is 17.8 Å². The number of hydrogen-bond acceptors (Lipinski definition) is 2. The van der Waals surface area contributed by atoms with Crippen molar-refractivity contribution >= 4 is 27.3 Å². The van der Waals surface area contributed by atoms with Gasteiger partial charge in [-0.25, -0.2) is 4.39 Å². The van der Waals surface area contributed by atoms with Gasteiger partial charge >= 0.3 is 0 Å². The highest BCUT2D eigenvalue weighted by Crippen LogP contribution is 2.40. The van der Waals surface area contributed by atoms with Crippen molar-refractivity contribution in [2.24, 2.45) is 0 Å². The molecule has 2 fully saturated rings. The summed E-state index contributed by atoms with van der Waals surface area (Å²) in [6, 6.07) is 2.85. The second-order valence-electron chi connectivity index (χ2n) is 5.07. The van der Waals surface area contributed by atoms with E-state index in [1.54, 1.807) is 11.3 Å². The van der Waals surface area contributed by atoms with Crippen molar-refractivity contribution in [1.29, 1.82) is 0 Å². The van der Waals surface area contributed by atoms with E-state index in [9.17, 15) is 4.39 Å². The fourth-order valence-corrected chi connectivity index (χ4v) is 4.69. The minimum absolute atomic E-state index is 0.419. The molecule has 16 heavy (non-hydrogen) atoms. The predicted molar refractivity (Wildman–Crippen MR) is 68.7 cm³/mol. The maximum atomic E-state index is 14.8. The molecule has 3 heterocycles. The van der Waals surface area contributed by atoms with Crippen LogP contribution in [0.4, 0.5) is 4.39 Å². The summed E-state index contributed by atoms with van der Waals surface area (Å²) in [6.07, 6.45) is 4.27. The number of thiophene rings is 1. The maximum Gasteiger partial charge on any atom is 0.118 e. The van der Waals surface area contributed by atoms with Crippen LogP contribution in [-0.2, 0) is 6.42 Å². The topological polar surface area (TPSA) is 12.0 Å². The van der Waals surface area contributed by atoms with Gasteiger partial charge in [0.2, 0.25) is 0 Å². The minimum Gasteiger partial charge on any atom is -0.311 e. The van der Waals surface area contributed by atoms with Crippen LogP contribution in [0.5, 0.6) is 0 Å². The number of halogens is 2. The summed E-state index contributed by atoms with van der Waals surface area (Å²) in [5.74, 6) is 0. The van der Waals surface area contributed by atoms with E-state index in [1.807, 2.05) is 11.4 Å². The van der Waals surface area contributed by atoms with Crippen molar-refractivity contribution in [3.05, 3.63) is 20.8 Å². The molecule has 88 valence electrons. The van der Waals surface area contributed by atoms with E-state index in [0.717, 1.165) is 22.2 Å². The lowest BCUT2D eigenvalue weighted by Gasteiger charge is -2.34. The Balaban J connectivity index is 1.76. The quantitative estimate of drug-likeness (QED) is 0.879. The molecule has 0 radical (unpaired) electrons. The smallest absolute Gasteiger partial charge is 0.118 e. The van der Waals surface area contributed by atoms with Crippen molar-refractivity contribution in [2.45, 2.75) is 49.9 Å². The van der Waals surface area contributed by atoms with E-state index < -0.39 is 5.67 Å². The maximum absolute atomic E-state index is 14.8. The zero-order valence-electron chi connectivity index (χ0n) is 9.01. The lowest BCUT2D eigenvalue weighted by molar-refractivity contribution is 0.0901. The highest BCUT2D eigenvalue weighted by molar-refractivity contribution is 9.10. The van der Waals surface area contributed by atoms with Crippen molar-refractivity contribution in [2.75, 3.05) is 0 Å². The fourth-order valence-electron chi connectivity index (χ4n) is 3.07. The normalized spacial score (nSPS) is 37.9. The molecule has 0 spiro atoms. The molecule has 0 aliphatic carbocycles. The van der Waals surface area contributed by atoms with Gasteiger partial charge in [-0.1, -0.05) is 0 Å². The second kappa shape index (κ2) is 4.07. The van der Waals surface area contributed by atoms with Gasteiger partial charge < -0.3 is 5.32 Å². The van der Waals surface area contributed by atoms with E-state index in [2.05, 4.69) is 21.2 Å². The molecule has 0 amide bonds. The van der Waals surface area contributed by atoms with Gasteiger partial charge in [0.05, 0.1) is 0 Å². The van der Waals surface area contributed by atoms with E-state index in [1.165, 1.54) is 0 Å². The zero-order chi connectivity index (χ0) is 11.2. The number of alkyl halides is 1. The molecule has 0 saturated carbocycles. The Morgan fingerprint density at radius 3 is 2.69 bits per heavy atom. The second-order valence-corrected chi connectivity index (χ2v) is 6.92. The molecule has 2 aliphatic rings. The summed E-state index contributed by atoms with van der Waals surface area (Å²) in [6.45, 7) is 0. The largest absolute Gasteiger partial charge is 0.311 e. The Bertz CT molecular complexity index is 380. The summed E-state index contributed by atoms with van der Waals surface area (Å²) in [4.78, 5) is 1.16. The molecule has 4 heteroatoms. The highest BCUT2D eigenvalue weighted by atomic mass is 79.9. The van der Waals surface area contributed by atoms with E-state index >= 15 is 0 Å².